The molecule has 0 spiro atoms. The summed E-state index contributed by atoms with van der Waals surface area (Å²) >= 11 is 0. The van der Waals surface area contributed by atoms with Gasteiger partial charge >= 0.3 is 0 Å². The Kier molecular flexibility index (Phi) is 4.32. The molecule has 2 aliphatic rings. The molecule has 1 N–H and O–H groups in total. The predicted molar refractivity (Wildman–Crippen MR) is 98.5 cm³/mol. The lowest BCUT2D eigenvalue weighted by atomic mass is 9.83. The van der Waals surface area contributed by atoms with Crippen molar-refractivity contribution in [2.75, 3.05) is 16.8 Å². The maximum atomic E-state index is 12.9. The van der Waals surface area contributed by atoms with Gasteiger partial charge in [0.25, 0.3) is 0 Å². The van der Waals surface area contributed by atoms with Crippen LogP contribution in [-0.2, 0) is 16.0 Å². The molecule has 0 radical (unpaired) electrons. The fourth-order valence-corrected chi connectivity index (χ4v) is 3.64. The SMILES string of the molecule is N#C[C@@]1(C2CC2)CCN(c2cc(NC(=O)Cc3ccccc3)ncn2)C1=O. The van der Waals surface area contributed by atoms with Gasteiger partial charge in [0, 0.05) is 12.6 Å². The summed E-state index contributed by atoms with van der Waals surface area (Å²) < 4.78 is 0. The van der Waals surface area contributed by atoms with Gasteiger partial charge in [-0.1, -0.05) is 30.3 Å². The summed E-state index contributed by atoms with van der Waals surface area (Å²) in [6, 6.07) is 13.3. The zero-order chi connectivity index (χ0) is 18.9. The van der Waals surface area contributed by atoms with E-state index in [2.05, 4.69) is 21.4 Å². The number of aromatic nitrogens is 2. The highest BCUT2D eigenvalue weighted by atomic mass is 16.2. The molecule has 1 aromatic heterocycles. The molecule has 2 fully saturated rings. The molecule has 2 amide bonds. The van der Waals surface area contributed by atoms with Crippen LogP contribution in [0.15, 0.2) is 42.7 Å². The number of amides is 2. The lowest BCUT2D eigenvalue weighted by molar-refractivity contribution is -0.123. The van der Waals surface area contributed by atoms with Gasteiger partial charge in [-0.3, -0.25) is 14.5 Å². The zero-order valence-corrected chi connectivity index (χ0v) is 14.8. The zero-order valence-electron chi connectivity index (χ0n) is 14.8. The molecular formula is C20H19N5O2. The van der Waals surface area contributed by atoms with Gasteiger partial charge in [0.1, 0.15) is 23.4 Å². The second-order valence-electron chi connectivity index (χ2n) is 7.04. The fourth-order valence-electron chi connectivity index (χ4n) is 3.64. The number of hydrogen-bond acceptors (Lipinski definition) is 5. The van der Waals surface area contributed by atoms with Crippen molar-refractivity contribution in [3.05, 3.63) is 48.3 Å². The Morgan fingerprint density at radius 1 is 1.30 bits per heavy atom. The van der Waals surface area contributed by atoms with Gasteiger partial charge in [-0.25, -0.2) is 9.97 Å². The van der Waals surface area contributed by atoms with Gasteiger partial charge in [0.15, 0.2) is 0 Å². The van der Waals surface area contributed by atoms with Crippen LogP contribution in [0, 0.1) is 22.7 Å². The molecule has 1 saturated carbocycles. The van der Waals surface area contributed by atoms with Crippen LogP contribution in [0.5, 0.6) is 0 Å². The number of anilines is 2. The fraction of sp³-hybridized carbons (Fsp3) is 0.350. The molecule has 0 unspecified atom stereocenters. The first-order chi connectivity index (χ1) is 13.1. The van der Waals surface area contributed by atoms with E-state index in [1.807, 2.05) is 30.3 Å². The van der Waals surface area contributed by atoms with Crippen LogP contribution in [0.2, 0.25) is 0 Å². The molecule has 1 aromatic carbocycles. The monoisotopic (exact) mass is 361 g/mol. The summed E-state index contributed by atoms with van der Waals surface area (Å²) in [5.74, 6) is 0.542. The second kappa shape index (κ2) is 6.80. The average molecular weight is 361 g/mol. The number of hydrogen-bond donors (Lipinski definition) is 1. The highest BCUT2D eigenvalue weighted by molar-refractivity contribution is 6.02. The Morgan fingerprint density at radius 2 is 2.07 bits per heavy atom. The summed E-state index contributed by atoms with van der Waals surface area (Å²) in [6.07, 6.45) is 3.94. The number of nitriles is 1. The van der Waals surface area contributed by atoms with Crippen molar-refractivity contribution in [3.8, 4) is 6.07 Å². The quantitative estimate of drug-likeness (QED) is 0.881. The Morgan fingerprint density at radius 3 is 2.78 bits per heavy atom. The molecular weight excluding hydrogens is 342 g/mol. The van der Waals surface area contributed by atoms with Crippen LogP contribution in [0.1, 0.15) is 24.8 Å². The lowest BCUT2D eigenvalue weighted by Crippen LogP contribution is -2.35. The van der Waals surface area contributed by atoms with Crippen molar-refractivity contribution in [1.82, 2.24) is 9.97 Å². The summed E-state index contributed by atoms with van der Waals surface area (Å²) in [5.41, 5.74) is -0.0102. The van der Waals surface area contributed by atoms with E-state index in [0.29, 0.717) is 24.6 Å². The van der Waals surface area contributed by atoms with Crippen LogP contribution >= 0.6 is 0 Å². The molecule has 136 valence electrons. The molecule has 2 heterocycles. The van der Waals surface area contributed by atoms with Crippen LogP contribution < -0.4 is 10.2 Å². The molecule has 0 bridgehead atoms. The van der Waals surface area contributed by atoms with Crippen molar-refractivity contribution in [2.24, 2.45) is 11.3 Å². The molecule has 1 saturated heterocycles. The van der Waals surface area contributed by atoms with E-state index in [1.165, 1.54) is 11.2 Å². The van der Waals surface area contributed by atoms with Gasteiger partial charge < -0.3 is 5.32 Å². The number of carbonyl (C=O) groups is 2. The van der Waals surface area contributed by atoms with Gasteiger partial charge in [0.05, 0.1) is 12.5 Å². The van der Waals surface area contributed by atoms with E-state index in [0.717, 1.165) is 18.4 Å². The number of rotatable bonds is 5. The summed E-state index contributed by atoms with van der Waals surface area (Å²) in [6.45, 7) is 0.456. The normalized spacial score (nSPS) is 21.7. The minimum absolute atomic E-state index is 0.159. The maximum Gasteiger partial charge on any atom is 0.248 e. The average Bonchev–Trinajstić information content (AvgIpc) is 3.47. The van der Waals surface area contributed by atoms with Crippen LogP contribution in [0.25, 0.3) is 0 Å². The molecule has 1 atom stereocenters. The minimum Gasteiger partial charge on any atom is -0.310 e. The number of carbonyl (C=O) groups excluding carboxylic acids is 2. The first-order valence-corrected chi connectivity index (χ1v) is 9.01. The van der Waals surface area contributed by atoms with E-state index in [-0.39, 0.29) is 24.2 Å². The molecule has 1 aliphatic carbocycles. The molecule has 2 aromatic rings. The third-order valence-corrected chi connectivity index (χ3v) is 5.23. The molecule has 1 aliphatic heterocycles. The van der Waals surface area contributed by atoms with Crippen molar-refractivity contribution >= 4 is 23.5 Å². The Hall–Kier alpha value is -3.27. The maximum absolute atomic E-state index is 12.9. The number of nitrogens with one attached hydrogen (secondary N) is 1. The van der Waals surface area contributed by atoms with E-state index in [4.69, 9.17) is 0 Å². The van der Waals surface area contributed by atoms with E-state index < -0.39 is 5.41 Å². The van der Waals surface area contributed by atoms with Gasteiger partial charge in [-0.05, 0) is 30.7 Å². The van der Waals surface area contributed by atoms with Crippen molar-refractivity contribution in [1.29, 1.82) is 5.26 Å². The summed E-state index contributed by atoms with van der Waals surface area (Å²) in [4.78, 5) is 34.9. The smallest absolute Gasteiger partial charge is 0.248 e. The van der Waals surface area contributed by atoms with E-state index >= 15 is 0 Å². The van der Waals surface area contributed by atoms with Crippen LogP contribution in [0.4, 0.5) is 11.6 Å². The number of benzene rings is 1. The Labute approximate surface area is 157 Å². The topological polar surface area (TPSA) is 99.0 Å². The first-order valence-electron chi connectivity index (χ1n) is 9.01. The van der Waals surface area contributed by atoms with Crippen molar-refractivity contribution in [3.63, 3.8) is 0 Å². The van der Waals surface area contributed by atoms with Crippen LogP contribution in [-0.4, -0.2) is 28.3 Å². The minimum atomic E-state index is -0.915. The van der Waals surface area contributed by atoms with Crippen LogP contribution in [0.3, 0.4) is 0 Å². The molecule has 4 rings (SSSR count). The number of nitrogens with zero attached hydrogens (tertiary/aromatic N) is 4. The molecule has 27 heavy (non-hydrogen) atoms. The second-order valence-corrected chi connectivity index (χ2v) is 7.04. The van der Waals surface area contributed by atoms with Gasteiger partial charge in [-0.2, -0.15) is 5.26 Å². The highest BCUT2D eigenvalue weighted by Crippen LogP contribution is 2.51. The van der Waals surface area contributed by atoms with E-state index in [9.17, 15) is 14.9 Å². The van der Waals surface area contributed by atoms with Crippen molar-refractivity contribution in [2.45, 2.75) is 25.7 Å². The first kappa shape index (κ1) is 17.2. The molecule has 7 heteroatoms. The highest BCUT2D eigenvalue weighted by Gasteiger charge is 2.57. The van der Waals surface area contributed by atoms with E-state index in [1.54, 1.807) is 6.07 Å². The Bertz CT molecular complexity index is 919. The Balaban J connectivity index is 1.47. The molecule has 7 nitrogen and oxygen atoms in total. The largest absolute Gasteiger partial charge is 0.310 e. The summed E-state index contributed by atoms with van der Waals surface area (Å²) in [5, 5.41) is 12.3. The summed E-state index contributed by atoms with van der Waals surface area (Å²) in [7, 11) is 0. The predicted octanol–water partition coefficient (Wildman–Crippen LogP) is 2.31. The van der Waals surface area contributed by atoms with Crippen molar-refractivity contribution < 1.29 is 9.59 Å². The third kappa shape index (κ3) is 3.26. The standard InChI is InChI=1S/C20H19N5O2/c21-12-20(15-6-7-15)8-9-25(19(20)27)17-11-16(22-13-23-17)24-18(26)10-14-4-2-1-3-5-14/h1-5,11,13,15H,6-10H2,(H,22,23,24,26)/t20-/m1/s1. The van der Waals surface area contributed by atoms with Gasteiger partial charge in [-0.15, -0.1) is 0 Å². The lowest BCUT2D eigenvalue weighted by Gasteiger charge is -2.20. The third-order valence-electron chi connectivity index (χ3n) is 5.23. The van der Waals surface area contributed by atoms with Gasteiger partial charge in [0.2, 0.25) is 11.8 Å².